The molecule has 1 unspecified atom stereocenters. The number of hydrogen-bond donors (Lipinski definition) is 1. The number of rotatable bonds is 2. The van der Waals surface area contributed by atoms with Gasteiger partial charge in [-0.1, -0.05) is 23.7 Å². The zero-order chi connectivity index (χ0) is 10.8. The van der Waals surface area contributed by atoms with Crippen LogP contribution in [0, 0.1) is 0 Å². The molecule has 0 aliphatic heterocycles. The van der Waals surface area contributed by atoms with E-state index in [2.05, 4.69) is 0 Å². The van der Waals surface area contributed by atoms with Crippen LogP contribution in [0.3, 0.4) is 0 Å². The summed E-state index contributed by atoms with van der Waals surface area (Å²) in [5, 5.41) is 9.12. The second-order valence-electron chi connectivity index (χ2n) is 2.89. The van der Waals surface area contributed by atoms with E-state index in [0.29, 0.717) is 10.6 Å². The van der Waals surface area contributed by atoms with E-state index in [1.807, 2.05) is 0 Å². The summed E-state index contributed by atoms with van der Waals surface area (Å²) < 4.78 is 35.9. The van der Waals surface area contributed by atoms with E-state index in [4.69, 9.17) is 16.7 Å². The van der Waals surface area contributed by atoms with Crippen LogP contribution in [0.1, 0.15) is 5.56 Å². The minimum Gasteiger partial charge on any atom is -0.383 e. The number of alkyl halides is 3. The van der Waals surface area contributed by atoms with Gasteiger partial charge >= 0.3 is 6.18 Å². The Labute approximate surface area is 84.1 Å². The van der Waals surface area contributed by atoms with E-state index in [0.717, 1.165) is 0 Å². The van der Waals surface area contributed by atoms with Crippen molar-refractivity contribution in [1.82, 2.24) is 0 Å². The highest BCUT2D eigenvalue weighted by Gasteiger charge is 2.37. The van der Waals surface area contributed by atoms with Crippen LogP contribution in [0.15, 0.2) is 24.3 Å². The Bertz CT molecular complexity index is 311. The van der Waals surface area contributed by atoms with Gasteiger partial charge in [0.15, 0.2) is 6.10 Å². The van der Waals surface area contributed by atoms with Gasteiger partial charge in [-0.05, 0) is 17.7 Å². The standard InChI is InChI=1S/C9H8ClF3O/c10-7-3-1-2-6(4-7)5-8(14)9(11,12)13/h1-4,8,14H,5H2. The van der Waals surface area contributed by atoms with Crippen molar-refractivity contribution in [3.63, 3.8) is 0 Å². The van der Waals surface area contributed by atoms with Crippen molar-refractivity contribution in [1.29, 1.82) is 0 Å². The minimum absolute atomic E-state index is 0.358. The summed E-state index contributed by atoms with van der Waals surface area (Å²) in [7, 11) is 0. The summed E-state index contributed by atoms with van der Waals surface area (Å²) in [6, 6.07) is 5.99. The summed E-state index contributed by atoms with van der Waals surface area (Å²) in [6.07, 6.45) is -7.38. The molecule has 1 N–H and O–H groups in total. The van der Waals surface area contributed by atoms with E-state index in [1.54, 1.807) is 12.1 Å². The first-order valence-corrected chi connectivity index (χ1v) is 4.26. The Balaban J connectivity index is 2.70. The number of aliphatic hydroxyl groups excluding tert-OH is 1. The number of halogens is 4. The van der Waals surface area contributed by atoms with E-state index >= 15 is 0 Å². The van der Waals surface area contributed by atoms with Crippen molar-refractivity contribution in [2.45, 2.75) is 18.7 Å². The van der Waals surface area contributed by atoms with E-state index in [1.165, 1.54) is 12.1 Å². The number of aliphatic hydroxyl groups is 1. The maximum atomic E-state index is 12.0. The summed E-state index contributed by atoms with van der Waals surface area (Å²) in [4.78, 5) is 0. The lowest BCUT2D eigenvalue weighted by atomic mass is 10.1. The lowest BCUT2D eigenvalue weighted by Gasteiger charge is -2.14. The average Bonchev–Trinajstić information content (AvgIpc) is 2.02. The molecule has 1 nitrogen and oxygen atoms in total. The first-order valence-electron chi connectivity index (χ1n) is 3.89. The fraction of sp³-hybridized carbons (Fsp3) is 0.333. The summed E-state index contributed by atoms with van der Waals surface area (Å²) in [6.45, 7) is 0. The molecule has 14 heavy (non-hydrogen) atoms. The third-order valence-corrected chi connectivity index (χ3v) is 1.93. The summed E-state index contributed by atoms with van der Waals surface area (Å²) >= 11 is 5.58. The van der Waals surface area contributed by atoms with Gasteiger partial charge in [-0.2, -0.15) is 13.2 Å². The normalized spacial score (nSPS) is 14.1. The smallest absolute Gasteiger partial charge is 0.383 e. The van der Waals surface area contributed by atoms with Gasteiger partial charge in [-0.15, -0.1) is 0 Å². The molecule has 0 aromatic heterocycles. The fourth-order valence-electron chi connectivity index (χ4n) is 1.00. The molecule has 0 aliphatic rings. The van der Waals surface area contributed by atoms with Crippen LogP contribution in [-0.2, 0) is 6.42 Å². The molecule has 0 saturated carbocycles. The van der Waals surface area contributed by atoms with E-state index in [9.17, 15) is 13.2 Å². The lowest BCUT2D eigenvalue weighted by Crippen LogP contribution is -2.30. The molecule has 1 aromatic carbocycles. The van der Waals surface area contributed by atoms with Crippen molar-refractivity contribution in [3.8, 4) is 0 Å². The van der Waals surface area contributed by atoms with Crippen molar-refractivity contribution in [2.75, 3.05) is 0 Å². The number of hydrogen-bond acceptors (Lipinski definition) is 1. The van der Waals surface area contributed by atoms with Crippen molar-refractivity contribution < 1.29 is 18.3 Å². The predicted octanol–water partition coefficient (Wildman–Crippen LogP) is 2.81. The van der Waals surface area contributed by atoms with Gasteiger partial charge in [0.05, 0.1) is 0 Å². The van der Waals surface area contributed by atoms with Gasteiger partial charge in [0.25, 0.3) is 0 Å². The van der Waals surface area contributed by atoms with Crippen molar-refractivity contribution in [3.05, 3.63) is 34.9 Å². The third kappa shape index (κ3) is 3.20. The van der Waals surface area contributed by atoms with E-state index < -0.39 is 18.7 Å². The Hall–Kier alpha value is -0.740. The van der Waals surface area contributed by atoms with Crippen molar-refractivity contribution in [2.24, 2.45) is 0 Å². The minimum atomic E-state index is -4.58. The highest BCUT2D eigenvalue weighted by Crippen LogP contribution is 2.23. The molecular formula is C9H8ClF3O. The van der Waals surface area contributed by atoms with Crippen molar-refractivity contribution >= 4 is 11.6 Å². The molecule has 0 spiro atoms. The summed E-state index contributed by atoms with van der Waals surface area (Å²) in [5.74, 6) is 0. The third-order valence-electron chi connectivity index (χ3n) is 1.70. The molecule has 1 rings (SSSR count). The maximum Gasteiger partial charge on any atom is 0.414 e. The van der Waals surface area contributed by atoms with Crippen LogP contribution in [0.25, 0.3) is 0 Å². The van der Waals surface area contributed by atoms with Crippen LogP contribution < -0.4 is 0 Å². The fourth-order valence-corrected chi connectivity index (χ4v) is 1.22. The maximum absolute atomic E-state index is 12.0. The topological polar surface area (TPSA) is 20.2 Å². The monoisotopic (exact) mass is 224 g/mol. The SMILES string of the molecule is OC(Cc1cccc(Cl)c1)C(F)(F)F. The van der Waals surface area contributed by atoms with Gasteiger partial charge in [0.2, 0.25) is 0 Å². The molecule has 1 aromatic rings. The Morgan fingerprint density at radius 1 is 1.36 bits per heavy atom. The highest BCUT2D eigenvalue weighted by atomic mass is 35.5. The quantitative estimate of drug-likeness (QED) is 0.819. The van der Waals surface area contributed by atoms with Crippen LogP contribution in [0.4, 0.5) is 13.2 Å². The van der Waals surface area contributed by atoms with Crippen LogP contribution in [0.2, 0.25) is 5.02 Å². The van der Waals surface area contributed by atoms with Gasteiger partial charge < -0.3 is 5.11 Å². The molecule has 0 bridgehead atoms. The predicted molar refractivity (Wildman–Crippen MR) is 47.2 cm³/mol. The molecule has 0 aliphatic carbocycles. The van der Waals surface area contributed by atoms with Crippen LogP contribution >= 0.6 is 11.6 Å². The number of benzene rings is 1. The largest absolute Gasteiger partial charge is 0.414 e. The van der Waals surface area contributed by atoms with E-state index in [-0.39, 0.29) is 0 Å². The van der Waals surface area contributed by atoms with Gasteiger partial charge in [0.1, 0.15) is 0 Å². The molecule has 0 saturated heterocycles. The lowest BCUT2D eigenvalue weighted by molar-refractivity contribution is -0.203. The molecular weight excluding hydrogens is 217 g/mol. The second-order valence-corrected chi connectivity index (χ2v) is 3.33. The first kappa shape index (κ1) is 11.3. The average molecular weight is 225 g/mol. The molecule has 0 amide bonds. The van der Waals surface area contributed by atoms with Crippen LogP contribution in [-0.4, -0.2) is 17.4 Å². The molecule has 1 atom stereocenters. The summed E-state index contributed by atoms with van der Waals surface area (Å²) in [5.41, 5.74) is 0.363. The highest BCUT2D eigenvalue weighted by molar-refractivity contribution is 6.30. The Morgan fingerprint density at radius 2 is 2.00 bits per heavy atom. The van der Waals surface area contributed by atoms with Gasteiger partial charge in [-0.25, -0.2) is 0 Å². The molecule has 0 heterocycles. The van der Waals surface area contributed by atoms with Crippen LogP contribution in [0.5, 0.6) is 0 Å². The Morgan fingerprint density at radius 3 is 2.50 bits per heavy atom. The molecule has 5 heteroatoms. The van der Waals surface area contributed by atoms with Gasteiger partial charge in [0, 0.05) is 11.4 Å². The molecule has 0 radical (unpaired) electrons. The zero-order valence-corrected chi connectivity index (χ0v) is 7.81. The molecule has 0 fully saturated rings. The van der Waals surface area contributed by atoms with Gasteiger partial charge in [-0.3, -0.25) is 0 Å². The second kappa shape index (κ2) is 4.19. The first-order chi connectivity index (χ1) is 6.39. The molecule has 78 valence electrons. The Kier molecular flexibility index (Phi) is 3.39. The zero-order valence-electron chi connectivity index (χ0n) is 7.05.